The Morgan fingerprint density at radius 2 is 1.70 bits per heavy atom. The highest BCUT2D eigenvalue weighted by molar-refractivity contribution is 5.88. The van der Waals surface area contributed by atoms with Crippen molar-refractivity contribution in [1.29, 1.82) is 0 Å². The number of alkyl halides is 3. The van der Waals surface area contributed by atoms with E-state index in [0.29, 0.717) is 18.4 Å². The molecule has 1 fully saturated rings. The molecule has 160 valence electrons. The third kappa shape index (κ3) is 3.96. The van der Waals surface area contributed by atoms with E-state index in [1.54, 1.807) is 18.0 Å². The standard InChI is InChI=1S/C23H26F3N3O/c1-28(16-17-5-4-8-20(13-17)23(24,25)26)21(30)22(29-11-9-27-10-12-29)14-18-6-2-3-7-19(18)15-22/h2-8,13,27H,9-12,14-16H2,1H3. The van der Waals surface area contributed by atoms with Gasteiger partial charge in [0.05, 0.1) is 5.56 Å². The van der Waals surface area contributed by atoms with Crippen LogP contribution in [0.2, 0.25) is 0 Å². The first-order chi connectivity index (χ1) is 14.3. The molecule has 0 spiro atoms. The Bertz CT molecular complexity index is 897. The highest BCUT2D eigenvalue weighted by atomic mass is 19.4. The molecule has 1 heterocycles. The first-order valence-electron chi connectivity index (χ1n) is 10.2. The smallest absolute Gasteiger partial charge is 0.340 e. The molecule has 2 aliphatic rings. The van der Waals surface area contributed by atoms with Gasteiger partial charge >= 0.3 is 6.18 Å². The molecular weight excluding hydrogens is 391 g/mol. The van der Waals surface area contributed by atoms with Crippen LogP contribution in [0.15, 0.2) is 48.5 Å². The number of piperazine rings is 1. The monoisotopic (exact) mass is 417 g/mol. The summed E-state index contributed by atoms with van der Waals surface area (Å²) in [7, 11) is 1.69. The maximum Gasteiger partial charge on any atom is 0.416 e. The van der Waals surface area contributed by atoms with Crippen molar-refractivity contribution in [1.82, 2.24) is 15.1 Å². The molecule has 0 radical (unpaired) electrons. The molecule has 30 heavy (non-hydrogen) atoms. The molecule has 2 aromatic carbocycles. The van der Waals surface area contributed by atoms with Gasteiger partial charge in [-0.1, -0.05) is 36.4 Å². The fourth-order valence-corrected chi connectivity index (χ4v) is 4.74. The summed E-state index contributed by atoms with van der Waals surface area (Å²) < 4.78 is 39.2. The average Bonchev–Trinajstić information content (AvgIpc) is 3.14. The fourth-order valence-electron chi connectivity index (χ4n) is 4.74. The van der Waals surface area contributed by atoms with Crippen LogP contribution >= 0.6 is 0 Å². The number of hydrogen-bond acceptors (Lipinski definition) is 3. The molecular formula is C23H26F3N3O. The quantitative estimate of drug-likeness (QED) is 0.831. The zero-order valence-electron chi connectivity index (χ0n) is 17.0. The zero-order chi connectivity index (χ0) is 21.4. The van der Waals surface area contributed by atoms with Crippen molar-refractivity contribution in [2.24, 2.45) is 0 Å². The van der Waals surface area contributed by atoms with Gasteiger partial charge in [-0.05, 0) is 28.8 Å². The van der Waals surface area contributed by atoms with E-state index in [4.69, 9.17) is 0 Å². The Kier molecular flexibility index (Phi) is 5.59. The van der Waals surface area contributed by atoms with Crippen LogP contribution in [-0.2, 0) is 30.4 Å². The maximum absolute atomic E-state index is 13.8. The summed E-state index contributed by atoms with van der Waals surface area (Å²) in [6.07, 6.45) is -3.13. The molecule has 0 atom stereocenters. The normalized spacial score (nSPS) is 18.8. The van der Waals surface area contributed by atoms with Crippen LogP contribution in [0.1, 0.15) is 22.3 Å². The molecule has 2 aromatic rings. The lowest BCUT2D eigenvalue weighted by atomic mass is 9.90. The topological polar surface area (TPSA) is 35.6 Å². The molecule has 1 aliphatic heterocycles. The van der Waals surface area contributed by atoms with Crippen molar-refractivity contribution < 1.29 is 18.0 Å². The average molecular weight is 417 g/mol. The molecule has 1 saturated heterocycles. The van der Waals surface area contributed by atoms with Crippen molar-refractivity contribution in [3.8, 4) is 0 Å². The third-order valence-electron chi connectivity index (χ3n) is 6.23. The predicted octanol–water partition coefficient (Wildman–Crippen LogP) is 3.11. The molecule has 4 nitrogen and oxygen atoms in total. The first kappa shape index (κ1) is 20.9. The lowest BCUT2D eigenvalue weighted by molar-refractivity contribution is -0.144. The number of carbonyl (C=O) groups excluding carboxylic acids is 1. The lowest BCUT2D eigenvalue weighted by Crippen LogP contribution is -2.63. The van der Waals surface area contributed by atoms with Crippen molar-refractivity contribution in [3.05, 3.63) is 70.8 Å². The van der Waals surface area contributed by atoms with Gasteiger partial charge in [0.2, 0.25) is 5.91 Å². The fraction of sp³-hybridized carbons (Fsp3) is 0.435. The van der Waals surface area contributed by atoms with E-state index in [1.165, 1.54) is 17.2 Å². The van der Waals surface area contributed by atoms with Gasteiger partial charge in [-0.15, -0.1) is 0 Å². The number of amides is 1. The van der Waals surface area contributed by atoms with Gasteiger partial charge in [0.15, 0.2) is 0 Å². The molecule has 0 aromatic heterocycles. The molecule has 1 N–H and O–H groups in total. The van der Waals surface area contributed by atoms with Crippen LogP contribution in [0.4, 0.5) is 13.2 Å². The highest BCUT2D eigenvalue weighted by Crippen LogP contribution is 2.37. The van der Waals surface area contributed by atoms with Gasteiger partial charge in [-0.2, -0.15) is 13.2 Å². The molecule has 0 bridgehead atoms. The van der Waals surface area contributed by atoms with E-state index < -0.39 is 17.3 Å². The largest absolute Gasteiger partial charge is 0.416 e. The summed E-state index contributed by atoms with van der Waals surface area (Å²) in [5.74, 6) is -0.0296. The van der Waals surface area contributed by atoms with Gasteiger partial charge in [-0.3, -0.25) is 9.69 Å². The van der Waals surface area contributed by atoms with Gasteiger partial charge in [-0.25, -0.2) is 0 Å². The molecule has 4 rings (SSSR count). The maximum atomic E-state index is 13.8. The van der Waals surface area contributed by atoms with Crippen molar-refractivity contribution in [2.75, 3.05) is 33.2 Å². The number of nitrogens with one attached hydrogen (secondary N) is 1. The minimum Gasteiger partial charge on any atom is -0.340 e. The van der Waals surface area contributed by atoms with Crippen molar-refractivity contribution >= 4 is 5.91 Å². The number of halogens is 3. The Morgan fingerprint density at radius 3 is 2.30 bits per heavy atom. The van der Waals surface area contributed by atoms with Crippen molar-refractivity contribution in [2.45, 2.75) is 31.1 Å². The minimum absolute atomic E-state index is 0.0296. The van der Waals surface area contributed by atoms with Crippen LogP contribution in [-0.4, -0.2) is 54.5 Å². The lowest BCUT2D eigenvalue weighted by Gasteiger charge is -2.44. The van der Waals surface area contributed by atoms with Crippen molar-refractivity contribution in [3.63, 3.8) is 0 Å². The number of likely N-dealkylation sites (N-methyl/N-ethyl adjacent to an activating group) is 1. The van der Waals surface area contributed by atoms with Crippen LogP contribution in [0.25, 0.3) is 0 Å². The van der Waals surface area contributed by atoms with Crippen LogP contribution in [0.3, 0.4) is 0 Å². The van der Waals surface area contributed by atoms with Gasteiger partial charge in [0, 0.05) is 52.6 Å². The SMILES string of the molecule is CN(Cc1cccc(C(F)(F)F)c1)C(=O)C1(N2CCNCC2)Cc2ccccc2C1. The van der Waals surface area contributed by atoms with Gasteiger partial charge in [0.25, 0.3) is 0 Å². The molecule has 7 heteroatoms. The zero-order valence-corrected chi connectivity index (χ0v) is 17.0. The third-order valence-corrected chi connectivity index (χ3v) is 6.23. The second-order valence-corrected chi connectivity index (χ2v) is 8.25. The highest BCUT2D eigenvalue weighted by Gasteiger charge is 2.49. The van der Waals surface area contributed by atoms with Gasteiger partial charge < -0.3 is 10.2 Å². The summed E-state index contributed by atoms with van der Waals surface area (Å²) in [6, 6.07) is 13.3. The summed E-state index contributed by atoms with van der Waals surface area (Å²) in [6.45, 7) is 3.34. The van der Waals surface area contributed by atoms with E-state index in [-0.39, 0.29) is 12.5 Å². The molecule has 0 unspecified atom stereocenters. The summed E-state index contributed by atoms with van der Waals surface area (Å²) in [4.78, 5) is 17.6. The van der Waals surface area contributed by atoms with E-state index in [1.807, 2.05) is 12.1 Å². The first-order valence-corrected chi connectivity index (χ1v) is 10.2. The summed E-state index contributed by atoms with van der Waals surface area (Å²) in [5.41, 5.74) is 1.47. The Balaban J connectivity index is 1.59. The molecule has 1 amide bonds. The van der Waals surface area contributed by atoms with E-state index >= 15 is 0 Å². The number of rotatable bonds is 4. The molecule has 1 aliphatic carbocycles. The number of fused-ring (bicyclic) bond motifs is 1. The Hall–Kier alpha value is -2.38. The number of nitrogens with zero attached hydrogens (tertiary/aromatic N) is 2. The predicted molar refractivity (Wildman–Crippen MR) is 109 cm³/mol. The van der Waals surface area contributed by atoms with Crippen LogP contribution in [0.5, 0.6) is 0 Å². The van der Waals surface area contributed by atoms with Crippen LogP contribution in [0, 0.1) is 0 Å². The van der Waals surface area contributed by atoms with E-state index in [0.717, 1.165) is 38.3 Å². The second-order valence-electron chi connectivity index (χ2n) is 8.25. The van der Waals surface area contributed by atoms with E-state index in [2.05, 4.69) is 22.3 Å². The minimum atomic E-state index is -4.40. The number of hydrogen-bond donors (Lipinski definition) is 1. The number of carbonyl (C=O) groups is 1. The number of benzene rings is 2. The Morgan fingerprint density at radius 1 is 1.07 bits per heavy atom. The van der Waals surface area contributed by atoms with E-state index in [9.17, 15) is 18.0 Å². The Labute approximate surface area is 174 Å². The van der Waals surface area contributed by atoms with Crippen LogP contribution < -0.4 is 5.32 Å². The summed E-state index contributed by atoms with van der Waals surface area (Å²) in [5, 5.41) is 3.33. The summed E-state index contributed by atoms with van der Waals surface area (Å²) >= 11 is 0. The molecule has 0 saturated carbocycles. The second kappa shape index (κ2) is 8.04. The van der Waals surface area contributed by atoms with Gasteiger partial charge in [0.1, 0.15) is 5.54 Å².